The highest BCUT2D eigenvalue weighted by molar-refractivity contribution is 5.11. The molecule has 0 aromatic rings. The van der Waals surface area contributed by atoms with Gasteiger partial charge in [0.1, 0.15) is 0 Å². The molecule has 0 aromatic carbocycles. The standard InChI is InChI=1S/C14H25NO/c1-11(2)13-9-16-10-14(13)7-5-6-8-15(14)12(3)4/h5-6,11-13H,7-10H2,1-4H3. The normalized spacial score (nSPS) is 35.8. The van der Waals surface area contributed by atoms with E-state index in [0.29, 0.717) is 17.9 Å². The van der Waals surface area contributed by atoms with E-state index in [1.807, 2.05) is 0 Å². The lowest BCUT2D eigenvalue weighted by Crippen LogP contribution is -2.58. The molecule has 2 unspecified atom stereocenters. The minimum Gasteiger partial charge on any atom is -0.379 e. The molecular formula is C14H25NO. The van der Waals surface area contributed by atoms with E-state index in [4.69, 9.17) is 4.74 Å². The Balaban J connectivity index is 2.29. The first-order chi connectivity index (χ1) is 7.58. The van der Waals surface area contributed by atoms with E-state index in [0.717, 1.165) is 26.2 Å². The Morgan fingerprint density at radius 2 is 2.00 bits per heavy atom. The lowest BCUT2D eigenvalue weighted by Gasteiger charge is -2.48. The van der Waals surface area contributed by atoms with E-state index in [2.05, 4.69) is 44.7 Å². The van der Waals surface area contributed by atoms with Crippen LogP contribution in [0.25, 0.3) is 0 Å². The third-order valence-electron chi connectivity index (χ3n) is 4.28. The van der Waals surface area contributed by atoms with Gasteiger partial charge in [-0.3, -0.25) is 4.90 Å². The molecule has 0 amide bonds. The molecule has 0 aliphatic carbocycles. The third kappa shape index (κ3) is 1.82. The van der Waals surface area contributed by atoms with Gasteiger partial charge in [0.05, 0.1) is 18.8 Å². The molecule has 92 valence electrons. The van der Waals surface area contributed by atoms with Crippen molar-refractivity contribution in [3.05, 3.63) is 12.2 Å². The van der Waals surface area contributed by atoms with Gasteiger partial charge in [0.25, 0.3) is 0 Å². The van der Waals surface area contributed by atoms with E-state index in [9.17, 15) is 0 Å². The summed E-state index contributed by atoms with van der Waals surface area (Å²) in [5, 5.41) is 0. The van der Waals surface area contributed by atoms with Crippen LogP contribution in [0.1, 0.15) is 34.1 Å². The Hall–Kier alpha value is -0.340. The van der Waals surface area contributed by atoms with Crippen molar-refractivity contribution in [3.63, 3.8) is 0 Å². The predicted molar refractivity (Wildman–Crippen MR) is 67.5 cm³/mol. The number of ether oxygens (including phenoxy) is 1. The fourth-order valence-corrected chi connectivity index (χ4v) is 3.44. The summed E-state index contributed by atoms with van der Waals surface area (Å²) < 4.78 is 5.82. The maximum atomic E-state index is 5.82. The smallest absolute Gasteiger partial charge is 0.0657 e. The summed E-state index contributed by atoms with van der Waals surface area (Å²) in [5.41, 5.74) is 0.275. The van der Waals surface area contributed by atoms with Crippen molar-refractivity contribution in [2.45, 2.75) is 45.7 Å². The first-order valence-corrected chi connectivity index (χ1v) is 6.57. The molecule has 1 spiro atoms. The summed E-state index contributed by atoms with van der Waals surface area (Å²) in [6.45, 7) is 12.2. The van der Waals surface area contributed by atoms with Crippen molar-refractivity contribution in [1.82, 2.24) is 4.90 Å². The molecule has 2 atom stereocenters. The van der Waals surface area contributed by atoms with Gasteiger partial charge in [0, 0.05) is 18.5 Å². The summed E-state index contributed by atoms with van der Waals surface area (Å²) in [5.74, 6) is 1.38. The van der Waals surface area contributed by atoms with Gasteiger partial charge < -0.3 is 4.74 Å². The topological polar surface area (TPSA) is 12.5 Å². The molecule has 16 heavy (non-hydrogen) atoms. The third-order valence-corrected chi connectivity index (χ3v) is 4.28. The monoisotopic (exact) mass is 223 g/mol. The van der Waals surface area contributed by atoms with Gasteiger partial charge in [-0.05, 0) is 26.2 Å². The zero-order chi connectivity index (χ0) is 11.8. The van der Waals surface area contributed by atoms with Gasteiger partial charge in [-0.25, -0.2) is 0 Å². The van der Waals surface area contributed by atoms with Crippen molar-refractivity contribution < 1.29 is 4.74 Å². The van der Waals surface area contributed by atoms with Crippen LogP contribution in [0.4, 0.5) is 0 Å². The molecule has 2 rings (SSSR count). The summed E-state index contributed by atoms with van der Waals surface area (Å²) in [6, 6.07) is 0.605. The first kappa shape index (κ1) is 12.1. The lowest BCUT2D eigenvalue weighted by molar-refractivity contribution is 0.0161. The molecule has 0 radical (unpaired) electrons. The van der Waals surface area contributed by atoms with Crippen LogP contribution in [-0.2, 0) is 4.74 Å². The van der Waals surface area contributed by atoms with Crippen molar-refractivity contribution in [2.75, 3.05) is 19.8 Å². The van der Waals surface area contributed by atoms with Crippen molar-refractivity contribution in [1.29, 1.82) is 0 Å². The van der Waals surface area contributed by atoms with E-state index in [1.165, 1.54) is 0 Å². The molecule has 2 heteroatoms. The highest BCUT2D eigenvalue weighted by Crippen LogP contribution is 2.41. The number of hydrogen-bond donors (Lipinski definition) is 0. The molecule has 2 nitrogen and oxygen atoms in total. The fraction of sp³-hybridized carbons (Fsp3) is 0.857. The zero-order valence-electron chi connectivity index (χ0n) is 11.1. The second-order valence-corrected chi connectivity index (χ2v) is 5.89. The SMILES string of the molecule is CC(C)C1COCC12CC=CCN2C(C)C. The largest absolute Gasteiger partial charge is 0.379 e. The minimum atomic E-state index is 0.275. The summed E-state index contributed by atoms with van der Waals surface area (Å²) >= 11 is 0. The molecule has 0 saturated carbocycles. The number of nitrogens with zero attached hydrogens (tertiary/aromatic N) is 1. The van der Waals surface area contributed by atoms with Crippen molar-refractivity contribution in [2.24, 2.45) is 11.8 Å². The second kappa shape index (κ2) is 4.50. The lowest BCUT2D eigenvalue weighted by atomic mass is 9.74. The van der Waals surface area contributed by atoms with Crippen LogP contribution in [0.2, 0.25) is 0 Å². The molecule has 1 saturated heterocycles. The fourth-order valence-electron chi connectivity index (χ4n) is 3.44. The molecule has 2 aliphatic heterocycles. The van der Waals surface area contributed by atoms with Crippen LogP contribution in [-0.4, -0.2) is 36.2 Å². The maximum Gasteiger partial charge on any atom is 0.0657 e. The van der Waals surface area contributed by atoms with Crippen LogP contribution in [0.5, 0.6) is 0 Å². The van der Waals surface area contributed by atoms with Crippen LogP contribution in [0, 0.1) is 11.8 Å². The Bertz CT molecular complexity index is 272. The summed E-state index contributed by atoms with van der Waals surface area (Å²) in [7, 11) is 0. The molecular weight excluding hydrogens is 198 g/mol. The first-order valence-electron chi connectivity index (χ1n) is 6.57. The van der Waals surface area contributed by atoms with E-state index in [1.54, 1.807) is 0 Å². The predicted octanol–water partition coefficient (Wildman–Crippen LogP) is 2.70. The van der Waals surface area contributed by atoms with Crippen LogP contribution in [0.15, 0.2) is 12.2 Å². The van der Waals surface area contributed by atoms with Crippen molar-refractivity contribution in [3.8, 4) is 0 Å². The van der Waals surface area contributed by atoms with Gasteiger partial charge in [-0.1, -0.05) is 26.0 Å². The Kier molecular flexibility index (Phi) is 3.41. The van der Waals surface area contributed by atoms with E-state index in [-0.39, 0.29) is 5.54 Å². The van der Waals surface area contributed by atoms with Gasteiger partial charge >= 0.3 is 0 Å². The molecule has 2 heterocycles. The highest BCUT2D eigenvalue weighted by atomic mass is 16.5. The van der Waals surface area contributed by atoms with Crippen LogP contribution < -0.4 is 0 Å². The minimum absolute atomic E-state index is 0.275. The molecule has 1 fully saturated rings. The van der Waals surface area contributed by atoms with Gasteiger partial charge in [-0.15, -0.1) is 0 Å². The Morgan fingerprint density at radius 1 is 1.25 bits per heavy atom. The average molecular weight is 223 g/mol. The molecule has 2 aliphatic rings. The maximum absolute atomic E-state index is 5.82. The quantitative estimate of drug-likeness (QED) is 0.667. The second-order valence-electron chi connectivity index (χ2n) is 5.89. The molecule has 0 N–H and O–H groups in total. The average Bonchev–Trinajstić information content (AvgIpc) is 2.62. The number of rotatable bonds is 2. The van der Waals surface area contributed by atoms with E-state index < -0.39 is 0 Å². The van der Waals surface area contributed by atoms with Gasteiger partial charge in [0.2, 0.25) is 0 Å². The molecule has 0 bridgehead atoms. The highest BCUT2D eigenvalue weighted by Gasteiger charge is 2.49. The summed E-state index contributed by atoms with van der Waals surface area (Å²) in [6.07, 6.45) is 5.82. The Labute approximate surface area is 99.7 Å². The van der Waals surface area contributed by atoms with Crippen LogP contribution >= 0.6 is 0 Å². The van der Waals surface area contributed by atoms with Crippen LogP contribution in [0.3, 0.4) is 0 Å². The van der Waals surface area contributed by atoms with Gasteiger partial charge in [-0.2, -0.15) is 0 Å². The van der Waals surface area contributed by atoms with E-state index >= 15 is 0 Å². The van der Waals surface area contributed by atoms with Gasteiger partial charge in [0.15, 0.2) is 0 Å². The number of hydrogen-bond acceptors (Lipinski definition) is 2. The molecule has 0 aromatic heterocycles. The Morgan fingerprint density at radius 3 is 2.62 bits per heavy atom. The van der Waals surface area contributed by atoms with Crippen molar-refractivity contribution >= 4 is 0 Å². The zero-order valence-corrected chi connectivity index (χ0v) is 11.1. The summed E-state index contributed by atoms with van der Waals surface area (Å²) in [4.78, 5) is 2.64.